The van der Waals surface area contributed by atoms with Gasteiger partial charge in [-0.25, -0.2) is 4.98 Å². The van der Waals surface area contributed by atoms with Crippen LogP contribution in [-0.2, 0) is 9.59 Å². The van der Waals surface area contributed by atoms with E-state index in [0.29, 0.717) is 27.7 Å². The molecule has 52 heavy (non-hydrogen) atoms. The van der Waals surface area contributed by atoms with Gasteiger partial charge in [0.1, 0.15) is 22.4 Å². The second-order valence-corrected chi connectivity index (χ2v) is 13.3. The number of amides is 3. The maximum atomic E-state index is 13.7. The number of carbonyl (C=O) groups excluding carboxylic acids is 3. The summed E-state index contributed by atoms with van der Waals surface area (Å²) in [4.78, 5) is 45.8. The molecule has 0 aliphatic heterocycles. The molecule has 1 heterocycles. The first-order valence-electron chi connectivity index (χ1n) is 16.1. The van der Waals surface area contributed by atoms with Crippen LogP contribution in [0.2, 0.25) is 0 Å². The standard InChI is InChI=1S/C41H34N4O5S2/c1-49-32-19-13-27(14-20-32)25-35(43-38(46)30-11-7-4-8-12-30)39(47)42-31-17-23-34(24-18-31)52-37(29-9-5-3-6-10-29)40(48)45-41-44-36(26-51-41)28-15-21-33(50-2)22-16-28/h3-26,37H,1-2H3,(H,42,47)(H,43,46)(H,44,45,48)/b35-25-. The third-order valence-corrected chi connectivity index (χ3v) is 9.81. The number of aromatic nitrogens is 1. The molecular weight excluding hydrogens is 693 g/mol. The molecule has 0 aliphatic rings. The summed E-state index contributed by atoms with van der Waals surface area (Å²) in [5, 5.41) is 10.4. The first-order chi connectivity index (χ1) is 25.4. The highest BCUT2D eigenvalue weighted by atomic mass is 32.2. The summed E-state index contributed by atoms with van der Waals surface area (Å²) >= 11 is 2.74. The molecule has 0 bridgehead atoms. The van der Waals surface area contributed by atoms with Crippen molar-refractivity contribution in [3.05, 3.63) is 161 Å². The summed E-state index contributed by atoms with van der Waals surface area (Å²) in [5.74, 6) is 0.293. The number of rotatable bonds is 13. The molecule has 1 atom stereocenters. The molecule has 3 N–H and O–H groups in total. The van der Waals surface area contributed by atoms with Crippen LogP contribution >= 0.6 is 23.1 Å². The summed E-state index contributed by atoms with van der Waals surface area (Å²) < 4.78 is 10.5. The minimum atomic E-state index is -0.581. The lowest BCUT2D eigenvalue weighted by Crippen LogP contribution is -2.30. The first kappa shape index (κ1) is 35.6. The van der Waals surface area contributed by atoms with Crippen molar-refractivity contribution < 1.29 is 23.9 Å². The lowest BCUT2D eigenvalue weighted by Gasteiger charge is -2.17. The van der Waals surface area contributed by atoms with E-state index in [-0.39, 0.29) is 11.6 Å². The van der Waals surface area contributed by atoms with E-state index in [1.165, 1.54) is 23.1 Å². The van der Waals surface area contributed by atoms with Gasteiger partial charge in [0.05, 0.1) is 19.9 Å². The Morgan fingerprint density at radius 1 is 0.731 bits per heavy atom. The minimum absolute atomic E-state index is 0.0654. The zero-order valence-corrected chi connectivity index (χ0v) is 29.9. The van der Waals surface area contributed by atoms with Crippen LogP contribution < -0.4 is 25.4 Å². The van der Waals surface area contributed by atoms with Gasteiger partial charge in [-0.2, -0.15) is 0 Å². The molecule has 11 heteroatoms. The van der Waals surface area contributed by atoms with Crippen LogP contribution in [0.5, 0.6) is 11.5 Å². The van der Waals surface area contributed by atoms with Crippen molar-refractivity contribution in [1.82, 2.24) is 10.3 Å². The number of methoxy groups -OCH3 is 2. The summed E-state index contributed by atoms with van der Waals surface area (Å²) in [6.45, 7) is 0. The van der Waals surface area contributed by atoms with Gasteiger partial charge in [0, 0.05) is 27.1 Å². The van der Waals surface area contributed by atoms with E-state index in [0.717, 1.165) is 27.5 Å². The molecule has 1 aromatic heterocycles. The van der Waals surface area contributed by atoms with Crippen molar-refractivity contribution in [3.63, 3.8) is 0 Å². The van der Waals surface area contributed by atoms with Crippen LogP contribution in [0.25, 0.3) is 17.3 Å². The van der Waals surface area contributed by atoms with E-state index in [2.05, 4.69) is 20.9 Å². The van der Waals surface area contributed by atoms with E-state index >= 15 is 0 Å². The Kier molecular flexibility index (Phi) is 11.8. The Morgan fingerprint density at radius 3 is 1.98 bits per heavy atom. The van der Waals surface area contributed by atoms with Crippen LogP contribution in [0, 0.1) is 0 Å². The zero-order valence-electron chi connectivity index (χ0n) is 28.2. The number of carbonyl (C=O) groups is 3. The molecule has 260 valence electrons. The van der Waals surface area contributed by atoms with Crippen LogP contribution in [0.3, 0.4) is 0 Å². The monoisotopic (exact) mass is 726 g/mol. The summed E-state index contributed by atoms with van der Waals surface area (Å²) in [7, 11) is 3.20. The van der Waals surface area contributed by atoms with Crippen LogP contribution in [-0.4, -0.2) is 36.9 Å². The number of anilines is 2. The summed E-state index contributed by atoms with van der Waals surface area (Å²) in [6.07, 6.45) is 1.60. The molecule has 0 aliphatic carbocycles. The third kappa shape index (κ3) is 9.33. The molecule has 5 aromatic carbocycles. The van der Waals surface area contributed by atoms with Gasteiger partial charge < -0.3 is 25.4 Å². The molecule has 0 radical (unpaired) electrons. The maximum Gasteiger partial charge on any atom is 0.272 e. The highest BCUT2D eigenvalue weighted by Crippen LogP contribution is 2.37. The topological polar surface area (TPSA) is 119 Å². The van der Waals surface area contributed by atoms with Gasteiger partial charge in [-0.3, -0.25) is 14.4 Å². The number of thioether (sulfide) groups is 1. The fourth-order valence-electron chi connectivity index (χ4n) is 5.06. The zero-order chi connectivity index (χ0) is 36.3. The Labute approximate surface area is 309 Å². The largest absolute Gasteiger partial charge is 0.497 e. The van der Waals surface area contributed by atoms with E-state index in [4.69, 9.17) is 9.47 Å². The molecule has 0 fully saturated rings. The number of nitrogens with one attached hydrogen (secondary N) is 3. The normalized spacial score (nSPS) is 11.6. The molecular formula is C41H34N4O5S2. The van der Waals surface area contributed by atoms with Crippen molar-refractivity contribution in [2.24, 2.45) is 0 Å². The molecule has 3 amide bonds. The Balaban J connectivity index is 1.16. The molecule has 0 saturated heterocycles. The lowest BCUT2D eigenvalue weighted by molar-refractivity contribution is -0.116. The van der Waals surface area contributed by atoms with E-state index in [1.54, 1.807) is 81.0 Å². The van der Waals surface area contributed by atoms with Crippen molar-refractivity contribution in [1.29, 1.82) is 0 Å². The molecule has 6 aromatic rings. The van der Waals surface area contributed by atoms with E-state index in [9.17, 15) is 14.4 Å². The maximum absolute atomic E-state index is 13.7. The van der Waals surface area contributed by atoms with Gasteiger partial charge in [0.25, 0.3) is 11.8 Å². The first-order valence-corrected chi connectivity index (χ1v) is 17.9. The summed E-state index contributed by atoms with van der Waals surface area (Å²) in [6, 6.07) is 40.1. The molecule has 6 rings (SSSR count). The second-order valence-electron chi connectivity index (χ2n) is 11.3. The predicted octanol–water partition coefficient (Wildman–Crippen LogP) is 8.71. The van der Waals surface area contributed by atoms with E-state index < -0.39 is 17.1 Å². The average Bonchev–Trinajstić information content (AvgIpc) is 3.66. The van der Waals surface area contributed by atoms with Gasteiger partial charge in [-0.05, 0) is 90.0 Å². The van der Waals surface area contributed by atoms with Gasteiger partial charge in [0.15, 0.2) is 5.13 Å². The van der Waals surface area contributed by atoms with Crippen molar-refractivity contribution in [3.8, 4) is 22.8 Å². The fourth-order valence-corrected chi connectivity index (χ4v) is 6.80. The van der Waals surface area contributed by atoms with Crippen LogP contribution in [0.4, 0.5) is 10.8 Å². The Morgan fingerprint density at radius 2 is 1.35 bits per heavy atom. The lowest BCUT2D eigenvalue weighted by atomic mass is 10.1. The predicted molar refractivity (Wildman–Crippen MR) is 208 cm³/mol. The second kappa shape index (κ2) is 17.2. The highest BCUT2D eigenvalue weighted by Gasteiger charge is 2.24. The molecule has 9 nitrogen and oxygen atoms in total. The third-order valence-electron chi connectivity index (χ3n) is 7.78. The SMILES string of the molecule is COc1ccc(/C=C(\NC(=O)c2ccccc2)C(=O)Nc2ccc(SC(C(=O)Nc3nc(-c4ccc(OC)cc4)cs3)c3ccccc3)cc2)cc1. The minimum Gasteiger partial charge on any atom is -0.497 e. The van der Waals surface area contributed by atoms with Gasteiger partial charge >= 0.3 is 0 Å². The smallest absolute Gasteiger partial charge is 0.272 e. The number of hydrogen-bond donors (Lipinski definition) is 3. The van der Waals surface area contributed by atoms with Crippen molar-refractivity contribution >= 4 is 57.7 Å². The Bertz CT molecular complexity index is 2150. The van der Waals surface area contributed by atoms with Gasteiger partial charge in [0.2, 0.25) is 5.91 Å². The summed E-state index contributed by atoms with van der Waals surface area (Å²) in [5.41, 5.74) is 4.20. The van der Waals surface area contributed by atoms with Crippen LogP contribution in [0.1, 0.15) is 26.7 Å². The number of nitrogens with zero attached hydrogens (tertiary/aromatic N) is 1. The quantitative estimate of drug-likeness (QED) is 0.0805. The average molecular weight is 727 g/mol. The van der Waals surface area contributed by atoms with Crippen LogP contribution in [0.15, 0.2) is 149 Å². The Hall–Kier alpha value is -6.17. The number of thiazole rings is 1. The van der Waals surface area contributed by atoms with Gasteiger partial charge in [-0.15, -0.1) is 23.1 Å². The molecule has 1 unspecified atom stereocenters. The fraction of sp³-hybridized carbons (Fsp3) is 0.0732. The number of hydrogen-bond acceptors (Lipinski definition) is 8. The highest BCUT2D eigenvalue weighted by molar-refractivity contribution is 8.00. The number of ether oxygens (including phenoxy) is 2. The molecule has 0 spiro atoms. The van der Waals surface area contributed by atoms with Gasteiger partial charge in [-0.1, -0.05) is 60.7 Å². The van der Waals surface area contributed by atoms with Crippen molar-refractivity contribution in [2.45, 2.75) is 10.1 Å². The van der Waals surface area contributed by atoms with Crippen molar-refractivity contribution in [2.75, 3.05) is 24.9 Å². The molecule has 0 saturated carbocycles. The van der Waals surface area contributed by atoms with E-state index in [1.807, 2.05) is 78.2 Å². The number of benzene rings is 5.